The summed E-state index contributed by atoms with van der Waals surface area (Å²) in [5.74, 6) is -0.0681. The number of para-hydroxylation sites is 1. The minimum atomic E-state index is -0.0398. The number of hydrogen-bond donors (Lipinski definition) is 0. The van der Waals surface area contributed by atoms with Crippen molar-refractivity contribution in [2.45, 2.75) is 20.3 Å². The van der Waals surface area contributed by atoms with Gasteiger partial charge >= 0.3 is 0 Å². The average molecular weight is 329 g/mol. The summed E-state index contributed by atoms with van der Waals surface area (Å²) in [5, 5.41) is 0.968. The molecule has 0 saturated carbocycles. The number of aromatic nitrogens is 1. The van der Waals surface area contributed by atoms with Crippen LogP contribution in [-0.2, 0) is 16.0 Å². The van der Waals surface area contributed by atoms with Gasteiger partial charge in [0.25, 0.3) is 0 Å². The van der Waals surface area contributed by atoms with E-state index in [1.165, 1.54) is 0 Å². The molecule has 1 fully saturated rings. The van der Waals surface area contributed by atoms with Gasteiger partial charge < -0.3 is 9.80 Å². The van der Waals surface area contributed by atoms with E-state index >= 15 is 0 Å². The molecule has 2 aromatic rings. The smallest absolute Gasteiger partial charge is 0.246 e. The van der Waals surface area contributed by atoms with Gasteiger partial charge in [-0.25, -0.2) is 4.98 Å². The molecule has 1 saturated heterocycles. The molecule has 3 rings (SSSR count). The second-order valence-electron chi connectivity index (χ2n) is 5.61. The van der Waals surface area contributed by atoms with E-state index in [0.29, 0.717) is 13.1 Å². The fraction of sp³-hybridized carbons (Fsp3) is 0.353. The number of anilines is 1. The molecule has 0 bridgehead atoms. The summed E-state index contributed by atoms with van der Waals surface area (Å²) in [6.45, 7) is 5.14. The van der Waals surface area contributed by atoms with Gasteiger partial charge in [-0.1, -0.05) is 18.2 Å². The number of aryl methyl sites for hydroxylation is 2. The van der Waals surface area contributed by atoms with E-state index in [0.717, 1.165) is 21.3 Å². The van der Waals surface area contributed by atoms with E-state index in [-0.39, 0.29) is 24.8 Å². The molecule has 1 aliphatic heterocycles. The molecule has 1 aliphatic rings. The number of carbonyl (C=O) groups is 2. The standard InChI is InChI=1S/C17H19N3O2S/c1-12-15(18-13(2)23-12)10-16(21)19-8-9-20(17(22)11-19)14-6-4-3-5-7-14/h3-7H,8-11H2,1-2H3. The van der Waals surface area contributed by atoms with Crippen molar-refractivity contribution in [3.63, 3.8) is 0 Å². The Morgan fingerprint density at radius 1 is 1.22 bits per heavy atom. The van der Waals surface area contributed by atoms with Crippen LogP contribution >= 0.6 is 11.3 Å². The normalized spacial score (nSPS) is 15.1. The van der Waals surface area contributed by atoms with Gasteiger partial charge in [0.15, 0.2) is 0 Å². The highest BCUT2D eigenvalue weighted by Gasteiger charge is 2.28. The zero-order valence-electron chi connectivity index (χ0n) is 13.3. The highest BCUT2D eigenvalue weighted by molar-refractivity contribution is 7.11. The highest BCUT2D eigenvalue weighted by atomic mass is 32.1. The number of nitrogens with zero attached hydrogens (tertiary/aromatic N) is 3. The molecular formula is C17H19N3O2S. The Bertz CT molecular complexity index is 727. The Labute approximate surface area is 139 Å². The van der Waals surface area contributed by atoms with Crippen LogP contribution < -0.4 is 4.90 Å². The number of hydrogen-bond acceptors (Lipinski definition) is 4. The molecule has 2 amide bonds. The van der Waals surface area contributed by atoms with E-state index in [1.54, 1.807) is 21.1 Å². The number of benzene rings is 1. The van der Waals surface area contributed by atoms with Crippen molar-refractivity contribution in [1.82, 2.24) is 9.88 Å². The van der Waals surface area contributed by atoms with Crippen LogP contribution in [0.1, 0.15) is 15.6 Å². The summed E-state index contributed by atoms with van der Waals surface area (Å²) in [6, 6.07) is 9.57. The first-order valence-corrected chi connectivity index (χ1v) is 8.42. The van der Waals surface area contributed by atoms with Crippen molar-refractivity contribution in [2.24, 2.45) is 0 Å². The van der Waals surface area contributed by atoms with Gasteiger partial charge in [0.2, 0.25) is 11.8 Å². The molecule has 0 spiro atoms. The molecule has 0 atom stereocenters. The number of piperazine rings is 1. The predicted molar refractivity (Wildman–Crippen MR) is 90.7 cm³/mol. The third-order valence-electron chi connectivity index (χ3n) is 3.96. The lowest BCUT2D eigenvalue weighted by molar-refractivity contribution is -0.136. The van der Waals surface area contributed by atoms with Gasteiger partial charge in [-0.2, -0.15) is 0 Å². The van der Waals surface area contributed by atoms with Crippen LogP contribution in [0.15, 0.2) is 30.3 Å². The van der Waals surface area contributed by atoms with Crippen LogP contribution in [0.25, 0.3) is 0 Å². The Hall–Kier alpha value is -2.21. The Kier molecular flexibility index (Phi) is 4.43. The molecule has 0 N–H and O–H groups in total. The summed E-state index contributed by atoms with van der Waals surface area (Å²) < 4.78 is 0. The second kappa shape index (κ2) is 6.50. The fourth-order valence-corrected chi connectivity index (χ4v) is 3.59. The molecule has 2 heterocycles. The summed E-state index contributed by atoms with van der Waals surface area (Å²) in [5.41, 5.74) is 1.71. The number of carbonyl (C=O) groups excluding carboxylic acids is 2. The van der Waals surface area contributed by atoms with Gasteiger partial charge in [0.1, 0.15) is 6.54 Å². The van der Waals surface area contributed by atoms with E-state index in [9.17, 15) is 9.59 Å². The first kappa shape index (κ1) is 15.7. The summed E-state index contributed by atoms with van der Waals surface area (Å²) in [7, 11) is 0. The van der Waals surface area contributed by atoms with Crippen molar-refractivity contribution in [3.8, 4) is 0 Å². The number of thiazole rings is 1. The SMILES string of the molecule is Cc1nc(CC(=O)N2CCN(c3ccccc3)C(=O)C2)c(C)s1. The highest BCUT2D eigenvalue weighted by Crippen LogP contribution is 2.19. The van der Waals surface area contributed by atoms with E-state index in [2.05, 4.69) is 4.98 Å². The third-order valence-corrected chi connectivity index (χ3v) is 4.89. The maximum Gasteiger partial charge on any atom is 0.246 e. The van der Waals surface area contributed by atoms with Gasteiger partial charge in [-0.15, -0.1) is 11.3 Å². The van der Waals surface area contributed by atoms with Crippen LogP contribution in [0.4, 0.5) is 5.69 Å². The summed E-state index contributed by atoms with van der Waals surface area (Å²) in [6.07, 6.45) is 0.273. The quantitative estimate of drug-likeness (QED) is 0.867. The molecule has 23 heavy (non-hydrogen) atoms. The van der Waals surface area contributed by atoms with Crippen LogP contribution in [0, 0.1) is 13.8 Å². The van der Waals surface area contributed by atoms with Crippen molar-refractivity contribution in [1.29, 1.82) is 0 Å². The van der Waals surface area contributed by atoms with Gasteiger partial charge in [-0.05, 0) is 26.0 Å². The largest absolute Gasteiger partial charge is 0.331 e. The second-order valence-corrected chi connectivity index (χ2v) is 7.02. The fourth-order valence-electron chi connectivity index (χ4n) is 2.76. The van der Waals surface area contributed by atoms with Crippen LogP contribution in [0.5, 0.6) is 0 Å². The molecular weight excluding hydrogens is 310 g/mol. The van der Waals surface area contributed by atoms with Crippen molar-refractivity contribution < 1.29 is 9.59 Å². The Morgan fingerprint density at radius 2 is 1.96 bits per heavy atom. The first-order chi connectivity index (χ1) is 11.0. The Balaban J connectivity index is 1.64. The minimum absolute atomic E-state index is 0.0283. The summed E-state index contributed by atoms with van der Waals surface area (Å²) in [4.78, 5) is 33.6. The van der Waals surface area contributed by atoms with Gasteiger partial charge in [0, 0.05) is 23.7 Å². The van der Waals surface area contributed by atoms with E-state index < -0.39 is 0 Å². The van der Waals surface area contributed by atoms with Crippen LogP contribution in [0.3, 0.4) is 0 Å². The topological polar surface area (TPSA) is 53.5 Å². The predicted octanol–water partition coefficient (Wildman–Crippen LogP) is 2.18. The molecule has 6 heteroatoms. The lowest BCUT2D eigenvalue weighted by Gasteiger charge is -2.34. The van der Waals surface area contributed by atoms with Gasteiger partial charge in [0.05, 0.1) is 17.1 Å². The lowest BCUT2D eigenvalue weighted by Crippen LogP contribution is -2.52. The molecule has 1 aromatic heterocycles. The van der Waals surface area contributed by atoms with Crippen molar-refractivity contribution in [2.75, 3.05) is 24.5 Å². The van der Waals surface area contributed by atoms with Gasteiger partial charge in [-0.3, -0.25) is 9.59 Å². The maximum atomic E-state index is 12.4. The molecule has 0 aliphatic carbocycles. The zero-order valence-corrected chi connectivity index (χ0v) is 14.1. The van der Waals surface area contributed by atoms with Crippen molar-refractivity contribution >= 4 is 28.8 Å². The number of rotatable bonds is 3. The van der Waals surface area contributed by atoms with Crippen LogP contribution in [0.2, 0.25) is 0 Å². The first-order valence-electron chi connectivity index (χ1n) is 7.60. The van der Waals surface area contributed by atoms with E-state index in [1.807, 2.05) is 44.2 Å². The average Bonchev–Trinajstić information content (AvgIpc) is 2.85. The summed E-state index contributed by atoms with van der Waals surface area (Å²) >= 11 is 1.60. The number of amides is 2. The molecule has 0 unspecified atom stereocenters. The van der Waals surface area contributed by atoms with E-state index in [4.69, 9.17) is 0 Å². The maximum absolute atomic E-state index is 12.4. The molecule has 120 valence electrons. The zero-order chi connectivity index (χ0) is 16.4. The van der Waals surface area contributed by atoms with Crippen LogP contribution in [-0.4, -0.2) is 41.3 Å². The third kappa shape index (κ3) is 3.42. The molecule has 0 radical (unpaired) electrons. The Morgan fingerprint density at radius 3 is 2.57 bits per heavy atom. The monoisotopic (exact) mass is 329 g/mol. The molecule has 1 aromatic carbocycles. The lowest BCUT2D eigenvalue weighted by atomic mass is 10.2. The molecule has 5 nitrogen and oxygen atoms in total. The minimum Gasteiger partial charge on any atom is -0.331 e. The van der Waals surface area contributed by atoms with Crippen molar-refractivity contribution in [3.05, 3.63) is 45.9 Å².